The van der Waals surface area contributed by atoms with E-state index < -0.39 is 0 Å². The Morgan fingerprint density at radius 3 is 1.58 bits per heavy atom. The Labute approximate surface area is 251 Å². The van der Waals surface area contributed by atoms with Crippen LogP contribution in [-0.4, -0.2) is 0 Å². The summed E-state index contributed by atoms with van der Waals surface area (Å²) >= 11 is 0. The number of anilines is 3. The summed E-state index contributed by atoms with van der Waals surface area (Å²) in [6.45, 7) is 0. The van der Waals surface area contributed by atoms with Gasteiger partial charge in [0, 0.05) is 16.5 Å². The third kappa shape index (κ3) is 4.34. The quantitative estimate of drug-likeness (QED) is 0.207. The van der Waals surface area contributed by atoms with Gasteiger partial charge >= 0.3 is 0 Å². The second-order valence-corrected chi connectivity index (χ2v) is 10.9. The van der Waals surface area contributed by atoms with Gasteiger partial charge in [0.05, 0.1) is 17.1 Å². The lowest BCUT2D eigenvalue weighted by atomic mass is 9.91. The predicted octanol–water partition coefficient (Wildman–Crippen LogP) is 11.9. The van der Waals surface area contributed by atoms with Crippen molar-refractivity contribution in [3.05, 3.63) is 176 Å². The van der Waals surface area contributed by atoms with Gasteiger partial charge in [-0.2, -0.15) is 0 Å². The molecule has 0 fully saturated rings. The van der Waals surface area contributed by atoms with Gasteiger partial charge in [-0.25, -0.2) is 0 Å². The lowest BCUT2D eigenvalue weighted by molar-refractivity contribution is 1.30. The van der Waals surface area contributed by atoms with Crippen LogP contribution < -0.4 is 4.90 Å². The molecule has 8 aromatic rings. The molecule has 43 heavy (non-hydrogen) atoms. The lowest BCUT2D eigenvalue weighted by Gasteiger charge is -2.31. The maximum atomic E-state index is 2.48. The minimum absolute atomic E-state index is 1.14. The topological polar surface area (TPSA) is 3.24 Å². The van der Waals surface area contributed by atoms with E-state index in [1.165, 1.54) is 54.6 Å². The Balaban J connectivity index is 1.53. The van der Waals surface area contributed by atoms with Gasteiger partial charge in [0.1, 0.15) is 0 Å². The number of nitrogens with zero attached hydrogens (tertiary/aromatic N) is 1. The largest absolute Gasteiger partial charge is 0.309 e. The minimum Gasteiger partial charge on any atom is -0.309 e. The molecule has 0 spiro atoms. The highest BCUT2D eigenvalue weighted by Crippen LogP contribution is 2.49. The first kappa shape index (κ1) is 25.1. The van der Waals surface area contributed by atoms with Crippen LogP contribution in [0.15, 0.2) is 176 Å². The summed E-state index contributed by atoms with van der Waals surface area (Å²) in [7, 11) is 0. The van der Waals surface area contributed by atoms with E-state index in [-0.39, 0.29) is 0 Å². The van der Waals surface area contributed by atoms with Crippen molar-refractivity contribution in [1.29, 1.82) is 0 Å². The monoisotopic (exact) mass is 547 g/mol. The Kier molecular flexibility index (Phi) is 6.20. The van der Waals surface area contributed by atoms with Gasteiger partial charge in [-0.3, -0.25) is 0 Å². The molecule has 0 radical (unpaired) electrons. The van der Waals surface area contributed by atoms with E-state index in [0.717, 1.165) is 17.1 Å². The first-order valence-electron chi connectivity index (χ1n) is 14.8. The molecule has 0 atom stereocenters. The first-order valence-corrected chi connectivity index (χ1v) is 14.8. The van der Waals surface area contributed by atoms with Gasteiger partial charge in [0.15, 0.2) is 0 Å². The molecule has 0 aliphatic heterocycles. The summed E-state index contributed by atoms with van der Waals surface area (Å²) in [6.07, 6.45) is 0. The first-order chi connectivity index (χ1) is 21.4. The van der Waals surface area contributed by atoms with Crippen molar-refractivity contribution in [1.82, 2.24) is 0 Å². The average molecular weight is 548 g/mol. The zero-order chi connectivity index (χ0) is 28.6. The van der Waals surface area contributed by atoms with E-state index >= 15 is 0 Å². The number of benzene rings is 8. The highest BCUT2D eigenvalue weighted by atomic mass is 15.1. The van der Waals surface area contributed by atoms with Crippen LogP contribution in [0.2, 0.25) is 0 Å². The van der Waals surface area contributed by atoms with Gasteiger partial charge in [0.25, 0.3) is 0 Å². The van der Waals surface area contributed by atoms with Gasteiger partial charge < -0.3 is 4.90 Å². The van der Waals surface area contributed by atoms with Gasteiger partial charge in [-0.05, 0) is 56.3 Å². The van der Waals surface area contributed by atoms with Crippen molar-refractivity contribution in [2.75, 3.05) is 4.90 Å². The number of hydrogen-bond acceptors (Lipinski definition) is 1. The molecule has 0 N–H and O–H groups in total. The molecule has 0 unspecified atom stereocenters. The third-order valence-corrected chi connectivity index (χ3v) is 8.44. The Morgan fingerprint density at radius 2 is 0.791 bits per heavy atom. The van der Waals surface area contributed by atoms with Crippen LogP contribution in [0.25, 0.3) is 54.6 Å². The van der Waals surface area contributed by atoms with Crippen molar-refractivity contribution < 1.29 is 0 Å². The second kappa shape index (κ2) is 10.6. The molecular weight excluding hydrogens is 518 g/mol. The summed E-state index contributed by atoms with van der Waals surface area (Å²) in [5.41, 5.74) is 8.27. The number of fused-ring (bicyclic) bond motifs is 3. The fourth-order valence-corrected chi connectivity index (χ4v) is 6.50. The Hall–Kier alpha value is -5.66. The summed E-state index contributed by atoms with van der Waals surface area (Å²) in [5.74, 6) is 0. The van der Waals surface area contributed by atoms with E-state index in [1.54, 1.807) is 0 Å². The van der Waals surface area contributed by atoms with E-state index in [4.69, 9.17) is 0 Å². The highest BCUT2D eigenvalue weighted by molar-refractivity contribution is 6.13. The zero-order valence-electron chi connectivity index (χ0n) is 23.7. The fourth-order valence-electron chi connectivity index (χ4n) is 6.50. The zero-order valence-corrected chi connectivity index (χ0v) is 23.7. The molecule has 0 aliphatic rings. The van der Waals surface area contributed by atoms with Crippen molar-refractivity contribution >= 4 is 49.4 Å². The molecular formula is C42H29N. The number of hydrogen-bond donors (Lipinski definition) is 0. The fraction of sp³-hybridized carbons (Fsp3) is 0. The molecule has 0 saturated carbocycles. The summed E-state index contributed by atoms with van der Waals surface area (Å²) < 4.78 is 0. The van der Waals surface area contributed by atoms with Crippen molar-refractivity contribution in [3.63, 3.8) is 0 Å². The van der Waals surface area contributed by atoms with Crippen molar-refractivity contribution in [2.24, 2.45) is 0 Å². The molecule has 8 rings (SSSR count). The molecule has 0 saturated heterocycles. The Morgan fingerprint density at radius 1 is 0.279 bits per heavy atom. The van der Waals surface area contributed by atoms with E-state index in [2.05, 4.69) is 181 Å². The normalized spacial score (nSPS) is 11.3. The van der Waals surface area contributed by atoms with E-state index in [1.807, 2.05) is 0 Å². The van der Waals surface area contributed by atoms with E-state index in [9.17, 15) is 0 Å². The molecule has 0 aromatic heterocycles. The molecule has 202 valence electrons. The second-order valence-electron chi connectivity index (χ2n) is 10.9. The molecule has 1 nitrogen and oxygen atoms in total. The minimum atomic E-state index is 1.14. The third-order valence-electron chi connectivity index (χ3n) is 8.44. The predicted molar refractivity (Wildman–Crippen MR) is 185 cm³/mol. The van der Waals surface area contributed by atoms with Gasteiger partial charge in [-0.15, -0.1) is 0 Å². The average Bonchev–Trinajstić information content (AvgIpc) is 3.09. The van der Waals surface area contributed by atoms with Crippen LogP contribution in [-0.2, 0) is 0 Å². The summed E-state index contributed by atoms with van der Waals surface area (Å²) in [4.78, 5) is 2.48. The van der Waals surface area contributed by atoms with Gasteiger partial charge in [0.2, 0.25) is 0 Å². The molecule has 0 heterocycles. The molecule has 1 heteroatoms. The van der Waals surface area contributed by atoms with Gasteiger partial charge in [-0.1, -0.05) is 158 Å². The van der Waals surface area contributed by atoms with Crippen LogP contribution in [0, 0.1) is 0 Å². The highest BCUT2D eigenvalue weighted by Gasteiger charge is 2.24. The summed E-state index contributed by atoms with van der Waals surface area (Å²) in [6, 6.07) is 63.5. The van der Waals surface area contributed by atoms with Crippen LogP contribution in [0.5, 0.6) is 0 Å². The van der Waals surface area contributed by atoms with Crippen LogP contribution in [0.3, 0.4) is 0 Å². The standard InChI is InChI=1S/C42H29N/c1-2-14-31(15-3-1)35-23-10-11-26-39(35)43(40-27-13-20-32-17-5-8-22-36(32)40)41-29-28-33-18-6-9-24-37(33)42(41)38-25-12-19-30-16-4-7-21-34(30)38/h1-29H. The SMILES string of the molecule is c1ccc(-c2ccccc2N(c2ccc3ccccc3c2-c2cccc3ccccc23)c2cccc3ccccc23)cc1. The molecule has 0 amide bonds. The van der Waals surface area contributed by atoms with Crippen LogP contribution in [0.4, 0.5) is 17.1 Å². The lowest BCUT2D eigenvalue weighted by Crippen LogP contribution is -2.13. The molecule has 8 aromatic carbocycles. The van der Waals surface area contributed by atoms with Crippen molar-refractivity contribution in [2.45, 2.75) is 0 Å². The van der Waals surface area contributed by atoms with E-state index in [0.29, 0.717) is 0 Å². The molecule has 0 aliphatic carbocycles. The van der Waals surface area contributed by atoms with Crippen molar-refractivity contribution in [3.8, 4) is 22.3 Å². The maximum absolute atomic E-state index is 2.48. The van der Waals surface area contributed by atoms with Crippen LogP contribution >= 0.6 is 0 Å². The smallest absolute Gasteiger partial charge is 0.0547 e. The van der Waals surface area contributed by atoms with Crippen LogP contribution in [0.1, 0.15) is 0 Å². The number of rotatable bonds is 5. The Bertz CT molecular complexity index is 2240. The summed E-state index contributed by atoms with van der Waals surface area (Å²) in [5, 5.41) is 7.37. The molecule has 0 bridgehead atoms. The maximum Gasteiger partial charge on any atom is 0.0547 e. The number of para-hydroxylation sites is 1.